The highest BCUT2D eigenvalue weighted by molar-refractivity contribution is 6.10. The summed E-state index contributed by atoms with van der Waals surface area (Å²) in [4.78, 5) is 26.9. The first kappa shape index (κ1) is 15.5. The Labute approximate surface area is 126 Å². The Morgan fingerprint density at radius 1 is 1.10 bits per heavy atom. The number of nitrogens with zero attached hydrogens (tertiary/aromatic N) is 1. The quantitative estimate of drug-likeness (QED) is 0.869. The molecule has 0 radical (unpaired) electrons. The minimum Gasteiger partial charge on any atom is -0.342 e. The second-order valence-electron chi connectivity index (χ2n) is 6.35. The predicted molar refractivity (Wildman–Crippen MR) is 84.1 cm³/mol. The average molecular weight is 288 g/mol. The SMILES string of the molecule is Cc1cccc(C)c1NC(=O)C(C)(C)C(=O)N1CCCC1. The summed E-state index contributed by atoms with van der Waals surface area (Å²) in [6, 6.07) is 5.87. The van der Waals surface area contributed by atoms with E-state index in [1.807, 2.05) is 32.0 Å². The van der Waals surface area contributed by atoms with Crippen molar-refractivity contribution in [3.05, 3.63) is 29.3 Å². The van der Waals surface area contributed by atoms with Crippen LogP contribution < -0.4 is 5.32 Å². The van der Waals surface area contributed by atoms with Crippen LogP contribution in [0.5, 0.6) is 0 Å². The Kier molecular flexibility index (Phi) is 4.35. The molecule has 2 rings (SSSR count). The molecular weight excluding hydrogens is 264 g/mol. The van der Waals surface area contributed by atoms with Crippen LogP contribution in [0.4, 0.5) is 5.69 Å². The van der Waals surface area contributed by atoms with Crippen molar-refractivity contribution in [1.82, 2.24) is 4.90 Å². The lowest BCUT2D eigenvalue weighted by Crippen LogP contribution is -2.46. The van der Waals surface area contributed by atoms with Crippen LogP contribution in [0.15, 0.2) is 18.2 Å². The number of carbonyl (C=O) groups excluding carboxylic acids is 2. The van der Waals surface area contributed by atoms with Crippen molar-refractivity contribution in [2.45, 2.75) is 40.5 Å². The zero-order valence-corrected chi connectivity index (χ0v) is 13.3. The molecule has 4 nitrogen and oxygen atoms in total. The molecule has 1 aliphatic rings. The second kappa shape index (κ2) is 5.88. The van der Waals surface area contributed by atoms with E-state index in [0.29, 0.717) is 0 Å². The summed E-state index contributed by atoms with van der Waals surface area (Å²) in [7, 11) is 0. The minimum atomic E-state index is -1.04. The van der Waals surface area contributed by atoms with Gasteiger partial charge in [-0.1, -0.05) is 18.2 Å². The standard InChI is InChI=1S/C17H24N2O2/c1-12-8-7-9-13(2)14(12)18-15(20)17(3,4)16(21)19-10-5-6-11-19/h7-9H,5-6,10-11H2,1-4H3,(H,18,20). The number of aryl methyl sites for hydroxylation is 2. The van der Waals surface area contributed by atoms with Crippen molar-refractivity contribution in [1.29, 1.82) is 0 Å². The van der Waals surface area contributed by atoms with Gasteiger partial charge in [-0.05, 0) is 51.7 Å². The summed E-state index contributed by atoms with van der Waals surface area (Å²) in [6.45, 7) is 8.85. The molecule has 0 spiro atoms. The lowest BCUT2D eigenvalue weighted by Gasteiger charge is -2.28. The fourth-order valence-corrected chi connectivity index (χ4v) is 2.69. The maximum atomic E-state index is 12.6. The molecule has 2 amide bonds. The van der Waals surface area contributed by atoms with E-state index in [4.69, 9.17) is 0 Å². The highest BCUT2D eigenvalue weighted by Gasteiger charge is 2.40. The number of rotatable bonds is 3. The first-order valence-electron chi connectivity index (χ1n) is 7.51. The summed E-state index contributed by atoms with van der Waals surface area (Å²) < 4.78 is 0. The van der Waals surface area contributed by atoms with E-state index in [-0.39, 0.29) is 11.8 Å². The van der Waals surface area contributed by atoms with Crippen LogP contribution in [0.1, 0.15) is 37.8 Å². The summed E-state index contributed by atoms with van der Waals surface area (Å²) >= 11 is 0. The monoisotopic (exact) mass is 288 g/mol. The van der Waals surface area contributed by atoms with Gasteiger partial charge < -0.3 is 10.2 Å². The molecule has 4 heteroatoms. The number of amides is 2. The van der Waals surface area contributed by atoms with Gasteiger partial charge in [-0.3, -0.25) is 9.59 Å². The van der Waals surface area contributed by atoms with Gasteiger partial charge in [-0.15, -0.1) is 0 Å². The fourth-order valence-electron chi connectivity index (χ4n) is 2.69. The molecule has 1 heterocycles. The van der Waals surface area contributed by atoms with Gasteiger partial charge in [-0.25, -0.2) is 0 Å². The number of hydrogen-bond acceptors (Lipinski definition) is 2. The van der Waals surface area contributed by atoms with Crippen LogP contribution in [0.25, 0.3) is 0 Å². The highest BCUT2D eigenvalue weighted by Crippen LogP contribution is 2.26. The number of benzene rings is 1. The second-order valence-corrected chi connectivity index (χ2v) is 6.35. The molecule has 0 saturated carbocycles. The Hall–Kier alpha value is -1.84. The van der Waals surface area contributed by atoms with Gasteiger partial charge in [0.2, 0.25) is 11.8 Å². The van der Waals surface area contributed by atoms with Gasteiger partial charge in [-0.2, -0.15) is 0 Å². The molecular formula is C17H24N2O2. The molecule has 0 aliphatic carbocycles. The molecule has 21 heavy (non-hydrogen) atoms. The lowest BCUT2D eigenvalue weighted by molar-refractivity contribution is -0.145. The molecule has 1 aromatic rings. The fraction of sp³-hybridized carbons (Fsp3) is 0.529. The van der Waals surface area contributed by atoms with Gasteiger partial charge >= 0.3 is 0 Å². The van der Waals surface area contributed by atoms with E-state index >= 15 is 0 Å². The molecule has 1 N–H and O–H groups in total. The van der Waals surface area contributed by atoms with E-state index in [9.17, 15) is 9.59 Å². The van der Waals surface area contributed by atoms with Gasteiger partial charge in [0.1, 0.15) is 5.41 Å². The Balaban J connectivity index is 2.16. The summed E-state index contributed by atoms with van der Waals surface area (Å²) in [5.41, 5.74) is 1.78. The molecule has 0 bridgehead atoms. The maximum absolute atomic E-state index is 12.6. The van der Waals surface area contributed by atoms with Crippen LogP contribution in [0, 0.1) is 19.3 Å². The predicted octanol–water partition coefficient (Wildman–Crippen LogP) is 2.89. The number of carbonyl (C=O) groups is 2. The van der Waals surface area contributed by atoms with Crippen molar-refractivity contribution >= 4 is 17.5 Å². The normalized spacial score (nSPS) is 15.1. The van der Waals surface area contributed by atoms with Gasteiger partial charge in [0, 0.05) is 18.8 Å². The van der Waals surface area contributed by atoms with Crippen LogP contribution in [-0.2, 0) is 9.59 Å². The van der Waals surface area contributed by atoms with Crippen molar-refractivity contribution in [2.24, 2.45) is 5.41 Å². The number of nitrogens with one attached hydrogen (secondary N) is 1. The minimum absolute atomic E-state index is 0.0799. The smallest absolute Gasteiger partial charge is 0.239 e. The summed E-state index contributed by atoms with van der Waals surface area (Å²) in [5, 5.41) is 2.94. The van der Waals surface area contributed by atoms with Crippen molar-refractivity contribution < 1.29 is 9.59 Å². The number of likely N-dealkylation sites (tertiary alicyclic amines) is 1. The van der Waals surface area contributed by atoms with Crippen LogP contribution in [0.2, 0.25) is 0 Å². The molecule has 1 fully saturated rings. The lowest BCUT2D eigenvalue weighted by atomic mass is 9.90. The van der Waals surface area contributed by atoms with E-state index in [1.54, 1.807) is 18.7 Å². The molecule has 0 aromatic heterocycles. The van der Waals surface area contributed by atoms with E-state index in [0.717, 1.165) is 42.7 Å². The number of anilines is 1. The van der Waals surface area contributed by atoms with Gasteiger partial charge in [0.15, 0.2) is 0 Å². The van der Waals surface area contributed by atoms with Crippen LogP contribution in [-0.4, -0.2) is 29.8 Å². The summed E-state index contributed by atoms with van der Waals surface area (Å²) in [6.07, 6.45) is 2.06. The Morgan fingerprint density at radius 3 is 2.14 bits per heavy atom. The highest BCUT2D eigenvalue weighted by atomic mass is 16.2. The number of para-hydroxylation sites is 1. The Morgan fingerprint density at radius 2 is 1.62 bits per heavy atom. The third kappa shape index (κ3) is 3.09. The molecule has 114 valence electrons. The number of hydrogen-bond donors (Lipinski definition) is 1. The van der Waals surface area contributed by atoms with Crippen molar-refractivity contribution in [3.8, 4) is 0 Å². The van der Waals surface area contributed by atoms with Gasteiger partial charge in [0.25, 0.3) is 0 Å². The van der Waals surface area contributed by atoms with Crippen molar-refractivity contribution in [3.63, 3.8) is 0 Å². The van der Waals surface area contributed by atoms with Crippen LogP contribution in [0.3, 0.4) is 0 Å². The van der Waals surface area contributed by atoms with E-state index in [2.05, 4.69) is 5.32 Å². The first-order chi connectivity index (χ1) is 9.84. The molecule has 1 aliphatic heterocycles. The zero-order valence-electron chi connectivity index (χ0n) is 13.3. The topological polar surface area (TPSA) is 49.4 Å². The summed E-state index contributed by atoms with van der Waals surface area (Å²) in [5.74, 6) is -0.319. The average Bonchev–Trinajstić information content (AvgIpc) is 2.95. The zero-order chi connectivity index (χ0) is 15.6. The maximum Gasteiger partial charge on any atom is 0.239 e. The van der Waals surface area contributed by atoms with E-state index < -0.39 is 5.41 Å². The molecule has 0 atom stereocenters. The third-order valence-corrected chi connectivity index (χ3v) is 4.22. The molecule has 1 aromatic carbocycles. The third-order valence-electron chi connectivity index (χ3n) is 4.22. The van der Waals surface area contributed by atoms with Crippen molar-refractivity contribution in [2.75, 3.05) is 18.4 Å². The molecule has 0 unspecified atom stereocenters. The molecule has 1 saturated heterocycles. The Bertz CT molecular complexity index is 538. The van der Waals surface area contributed by atoms with E-state index in [1.165, 1.54) is 0 Å². The van der Waals surface area contributed by atoms with Crippen LogP contribution >= 0.6 is 0 Å². The largest absolute Gasteiger partial charge is 0.342 e. The first-order valence-corrected chi connectivity index (χ1v) is 7.51. The van der Waals surface area contributed by atoms with Gasteiger partial charge in [0.05, 0.1) is 0 Å².